The quantitative estimate of drug-likeness (QED) is 0.294. The molecule has 0 aliphatic carbocycles. The molecule has 1 aromatic heterocycles. The number of guanidine groups is 1. The van der Waals surface area contributed by atoms with Crippen LogP contribution in [0.2, 0.25) is 0 Å². The second kappa shape index (κ2) is 13.9. The summed E-state index contributed by atoms with van der Waals surface area (Å²) in [6.07, 6.45) is 9.41. The Balaban J connectivity index is 0.00000324. The van der Waals surface area contributed by atoms with E-state index in [1.54, 1.807) is 0 Å². The zero-order chi connectivity index (χ0) is 22.9. The van der Waals surface area contributed by atoms with Crippen molar-refractivity contribution in [1.29, 1.82) is 0 Å². The van der Waals surface area contributed by atoms with Crippen LogP contribution in [-0.4, -0.2) is 54.6 Å². The van der Waals surface area contributed by atoms with Crippen molar-refractivity contribution < 1.29 is 0 Å². The van der Waals surface area contributed by atoms with Gasteiger partial charge in [0.2, 0.25) is 0 Å². The third kappa shape index (κ3) is 7.83. The molecule has 34 heavy (non-hydrogen) atoms. The molecule has 6 nitrogen and oxygen atoms in total. The largest absolute Gasteiger partial charge is 0.357 e. The lowest BCUT2D eigenvalue weighted by molar-refractivity contribution is 0.134. The van der Waals surface area contributed by atoms with Gasteiger partial charge < -0.3 is 15.5 Å². The highest BCUT2D eigenvalue weighted by Crippen LogP contribution is 2.20. The number of halogens is 1. The number of hydrogen-bond acceptors (Lipinski definition) is 4. The Labute approximate surface area is 222 Å². The minimum Gasteiger partial charge on any atom is -0.357 e. The Morgan fingerprint density at radius 3 is 2.50 bits per heavy atom. The molecule has 0 spiro atoms. The molecule has 2 aliphatic heterocycles. The molecule has 0 saturated carbocycles. The fraction of sp³-hybridized carbons (Fsp3) is 0.556. The van der Waals surface area contributed by atoms with Crippen molar-refractivity contribution in [3.63, 3.8) is 0 Å². The van der Waals surface area contributed by atoms with Gasteiger partial charge in [0.25, 0.3) is 0 Å². The molecule has 0 bridgehead atoms. The van der Waals surface area contributed by atoms with Gasteiger partial charge in [0.1, 0.15) is 5.82 Å². The summed E-state index contributed by atoms with van der Waals surface area (Å²) in [7, 11) is 1.86. The normalized spacial score (nSPS) is 21.9. The van der Waals surface area contributed by atoms with Crippen molar-refractivity contribution in [3.05, 3.63) is 59.8 Å². The Morgan fingerprint density at radius 1 is 1.03 bits per heavy atom. The monoisotopic (exact) mass is 576 g/mol. The molecule has 7 heteroatoms. The number of benzene rings is 1. The Kier molecular flexibility index (Phi) is 10.9. The van der Waals surface area contributed by atoms with E-state index in [9.17, 15) is 0 Å². The summed E-state index contributed by atoms with van der Waals surface area (Å²) in [5, 5.41) is 7.18. The maximum absolute atomic E-state index is 4.64. The number of aliphatic imine (C=N–C) groups is 1. The Hall–Kier alpha value is -1.87. The summed E-state index contributed by atoms with van der Waals surface area (Å²) in [5.41, 5.74) is 2.64. The van der Waals surface area contributed by atoms with Gasteiger partial charge in [0.15, 0.2) is 5.96 Å². The average Bonchev–Trinajstić information content (AvgIpc) is 3.14. The second-order valence-corrected chi connectivity index (χ2v) is 9.52. The van der Waals surface area contributed by atoms with Gasteiger partial charge in [0, 0.05) is 58.1 Å². The number of piperidine rings is 1. The molecule has 0 amide bonds. The van der Waals surface area contributed by atoms with Gasteiger partial charge in [-0.1, -0.05) is 43.2 Å². The molecule has 3 heterocycles. The van der Waals surface area contributed by atoms with Crippen LogP contribution in [0.5, 0.6) is 0 Å². The van der Waals surface area contributed by atoms with Crippen LogP contribution in [0.4, 0.5) is 5.82 Å². The lowest BCUT2D eigenvalue weighted by Gasteiger charge is -2.38. The van der Waals surface area contributed by atoms with E-state index < -0.39 is 0 Å². The van der Waals surface area contributed by atoms with E-state index in [-0.39, 0.29) is 24.0 Å². The highest BCUT2D eigenvalue weighted by molar-refractivity contribution is 14.0. The standard InChI is InChI=1S/C27H40N6.HI/c1-22-18-25(13-17-33(22)21-23-10-6-5-7-11-23)31-27(28-2)30-20-24-12-14-29-26(19-24)32-15-8-3-4-9-16-32;/h5-7,10-12,14,19,22,25H,3-4,8-9,13,15-18,20-21H2,1-2H3,(H2,28,30,31);1H. The van der Waals surface area contributed by atoms with E-state index in [1.165, 1.54) is 36.8 Å². The number of rotatable bonds is 6. The average molecular weight is 577 g/mol. The Bertz CT molecular complexity index is 882. The van der Waals surface area contributed by atoms with Crippen LogP contribution in [0.3, 0.4) is 0 Å². The molecule has 2 atom stereocenters. The van der Waals surface area contributed by atoms with Gasteiger partial charge in [0.05, 0.1) is 0 Å². The van der Waals surface area contributed by atoms with Crippen LogP contribution in [0.15, 0.2) is 53.7 Å². The predicted molar refractivity (Wildman–Crippen MR) is 153 cm³/mol. The van der Waals surface area contributed by atoms with Gasteiger partial charge in [-0.2, -0.15) is 0 Å². The van der Waals surface area contributed by atoms with E-state index in [4.69, 9.17) is 0 Å². The number of nitrogens with one attached hydrogen (secondary N) is 2. The second-order valence-electron chi connectivity index (χ2n) is 9.52. The van der Waals surface area contributed by atoms with Crippen LogP contribution >= 0.6 is 24.0 Å². The SMILES string of the molecule is CN=C(NCc1ccnc(N2CCCCCC2)c1)NC1CCN(Cc2ccccc2)C(C)C1.I. The summed E-state index contributed by atoms with van der Waals surface area (Å²) >= 11 is 0. The number of pyridine rings is 1. The van der Waals surface area contributed by atoms with Crippen molar-refractivity contribution >= 4 is 35.8 Å². The molecular weight excluding hydrogens is 535 g/mol. The van der Waals surface area contributed by atoms with Gasteiger partial charge in [-0.3, -0.25) is 9.89 Å². The lowest BCUT2D eigenvalue weighted by Crippen LogP contribution is -2.51. The fourth-order valence-corrected chi connectivity index (χ4v) is 5.02. The number of hydrogen-bond donors (Lipinski definition) is 2. The first-order valence-electron chi connectivity index (χ1n) is 12.7. The van der Waals surface area contributed by atoms with Gasteiger partial charge in [-0.05, 0) is 55.9 Å². The van der Waals surface area contributed by atoms with Crippen molar-refractivity contribution in [1.82, 2.24) is 20.5 Å². The van der Waals surface area contributed by atoms with E-state index in [1.807, 2.05) is 13.2 Å². The summed E-state index contributed by atoms with van der Waals surface area (Å²) in [6.45, 7) is 7.47. The summed E-state index contributed by atoms with van der Waals surface area (Å²) in [5.74, 6) is 2.00. The Morgan fingerprint density at radius 2 is 1.79 bits per heavy atom. The molecule has 2 aromatic rings. The third-order valence-electron chi connectivity index (χ3n) is 7.01. The molecule has 2 fully saturated rings. The van der Waals surface area contributed by atoms with E-state index >= 15 is 0 Å². The fourth-order valence-electron chi connectivity index (χ4n) is 5.02. The van der Waals surface area contributed by atoms with Crippen LogP contribution in [0.1, 0.15) is 56.6 Å². The summed E-state index contributed by atoms with van der Waals surface area (Å²) in [6, 6.07) is 16.1. The van der Waals surface area contributed by atoms with Crippen molar-refractivity contribution in [2.24, 2.45) is 4.99 Å². The van der Waals surface area contributed by atoms with E-state index in [0.717, 1.165) is 57.3 Å². The first-order valence-corrected chi connectivity index (χ1v) is 12.7. The number of anilines is 1. The molecule has 4 rings (SSSR count). The van der Waals surface area contributed by atoms with Crippen LogP contribution in [0.25, 0.3) is 0 Å². The molecule has 0 radical (unpaired) electrons. The van der Waals surface area contributed by atoms with Crippen molar-refractivity contribution in [3.8, 4) is 0 Å². The maximum Gasteiger partial charge on any atom is 0.191 e. The minimum atomic E-state index is 0. The van der Waals surface area contributed by atoms with E-state index in [2.05, 4.69) is 79.8 Å². The molecule has 2 N–H and O–H groups in total. The zero-order valence-electron chi connectivity index (χ0n) is 20.7. The smallest absolute Gasteiger partial charge is 0.191 e. The molecule has 1 aromatic carbocycles. The van der Waals surface area contributed by atoms with Gasteiger partial charge >= 0.3 is 0 Å². The minimum absolute atomic E-state index is 0. The lowest BCUT2D eigenvalue weighted by atomic mass is 9.97. The maximum atomic E-state index is 4.64. The van der Waals surface area contributed by atoms with E-state index in [0.29, 0.717) is 12.1 Å². The molecule has 2 unspecified atom stereocenters. The highest BCUT2D eigenvalue weighted by Gasteiger charge is 2.26. The topological polar surface area (TPSA) is 55.8 Å². The number of likely N-dealkylation sites (tertiary alicyclic amines) is 1. The third-order valence-corrected chi connectivity index (χ3v) is 7.01. The molecule has 186 valence electrons. The predicted octanol–water partition coefficient (Wildman–Crippen LogP) is 4.80. The molecule has 2 saturated heterocycles. The summed E-state index contributed by atoms with van der Waals surface area (Å²) < 4.78 is 0. The highest BCUT2D eigenvalue weighted by atomic mass is 127. The number of aromatic nitrogens is 1. The van der Waals surface area contributed by atoms with Crippen molar-refractivity contribution in [2.75, 3.05) is 31.6 Å². The van der Waals surface area contributed by atoms with Crippen molar-refractivity contribution in [2.45, 2.75) is 70.6 Å². The van der Waals surface area contributed by atoms with Gasteiger partial charge in [-0.25, -0.2) is 4.98 Å². The van der Waals surface area contributed by atoms with Crippen LogP contribution in [0, 0.1) is 0 Å². The zero-order valence-corrected chi connectivity index (χ0v) is 23.1. The molecular formula is C27H41IN6. The number of nitrogens with zero attached hydrogens (tertiary/aromatic N) is 4. The first kappa shape index (κ1) is 26.7. The molecule has 2 aliphatic rings. The first-order chi connectivity index (χ1) is 16.2. The van der Waals surface area contributed by atoms with Crippen LogP contribution in [-0.2, 0) is 13.1 Å². The van der Waals surface area contributed by atoms with Gasteiger partial charge in [-0.15, -0.1) is 24.0 Å². The van der Waals surface area contributed by atoms with Crippen LogP contribution < -0.4 is 15.5 Å². The summed E-state index contributed by atoms with van der Waals surface area (Å²) in [4.78, 5) is 14.2.